The molecule has 4 heterocycles. The van der Waals surface area contributed by atoms with Crippen molar-refractivity contribution in [3.05, 3.63) is 135 Å². The van der Waals surface area contributed by atoms with Crippen LogP contribution in [0.2, 0.25) is 0 Å². The fourth-order valence-electron chi connectivity index (χ4n) is 8.18. The van der Waals surface area contributed by atoms with Crippen LogP contribution in [0, 0.1) is 22.3 Å². The van der Waals surface area contributed by atoms with Gasteiger partial charge in [-0.3, -0.25) is 4.79 Å². The molecule has 0 spiro atoms. The number of hydroxylamine groups is 2. The third-order valence-electron chi connectivity index (χ3n) is 11.2. The third-order valence-corrected chi connectivity index (χ3v) is 11.2. The summed E-state index contributed by atoms with van der Waals surface area (Å²) in [5.41, 5.74) is 7.84. The molecule has 8 rings (SSSR count). The van der Waals surface area contributed by atoms with Gasteiger partial charge >= 0.3 is 0 Å². The number of aldehydes is 1. The van der Waals surface area contributed by atoms with E-state index in [-0.39, 0.29) is 11.8 Å². The van der Waals surface area contributed by atoms with Crippen LogP contribution in [-0.2, 0) is 13.1 Å². The predicted octanol–water partition coefficient (Wildman–Crippen LogP) is 7.62. The van der Waals surface area contributed by atoms with E-state index in [2.05, 4.69) is 4.57 Å². The Morgan fingerprint density at radius 2 is 1.12 bits per heavy atom. The molecule has 2 atom stereocenters. The monoisotopic (exact) mass is 770 g/mol. The van der Waals surface area contributed by atoms with Crippen LogP contribution in [0.5, 0.6) is 28.7 Å². The first-order chi connectivity index (χ1) is 27.9. The predicted molar refractivity (Wildman–Crippen MR) is 218 cm³/mol. The van der Waals surface area contributed by atoms with Crippen LogP contribution in [0.3, 0.4) is 0 Å². The van der Waals surface area contributed by atoms with E-state index in [1.54, 1.807) is 33.8 Å². The number of rotatable bonds is 14. The van der Waals surface area contributed by atoms with Gasteiger partial charge in [-0.25, -0.2) is 0 Å². The maximum absolute atomic E-state index is 13.3. The molecule has 0 saturated heterocycles. The molecule has 0 amide bonds. The first-order valence-corrected chi connectivity index (χ1v) is 19.3. The number of aromatic nitrogens is 2. The smallest absolute Gasteiger partial charge is 0.208 e. The van der Waals surface area contributed by atoms with Crippen molar-refractivity contribution in [2.24, 2.45) is 11.8 Å². The Balaban J connectivity index is 0.849. The lowest BCUT2D eigenvalue weighted by atomic mass is 9.87. The summed E-state index contributed by atoms with van der Waals surface area (Å²) >= 11 is 0. The number of hydrogen-bond donors (Lipinski definition) is 0. The minimum Gasteiger partial charge on any atom is -0.618 e. The van der Waals surface area contributed by atoms with Crippen molar-refractivity contribution >= 4 is 29.9 Å². The van der Waals surface area contributed by atoms with Gasteiger partial charge < -0.3 is 43.2 Å². The van der Waals surface area contributed by atoms with Crippen molar-refractivity contribution in [2.75, 3.05) is 34.5 Å². The van der Waals surface area contributed by atoms with Crippen molar-refractivity contribution in [3.63, 3.8) is 0 Å². The molecule has 4 aromatic rings. The van der Waals surface area contributed by atoms with Crippen LogP contribution in [-0.4, -0.2) is 71.9 Å². The summed E-state index contributed by atoms with van der Waals surface area (Å²) < 4.78 is 35.3. The summed E-state index contributed by atoms with van der Waals surface area (Å²) in [6.45, 7) is 2.16. The van der Waals surface area contributed by atoms with Gasteiger partial charge in [-0.1, -0.05) is 48.6 Å². The van der Waals surface area contributed by atoms with Crippen molar-refractivity contribution in [3.8, 4) is 28.7 Å². The number of hydrogen-bond acceptors (Lipinski definition) is 8. The van der Waals surface area contributed by atoms with Gasteiger partial charge in [0.25, 0.3) is 0 Å². The highest BCUT2D eigenvalue weighted by molar-refractivity contribution is 5.82. The number of allylic oxidation sites excluding steroid dienone is 8. The van der Waals surface area contributed by atoms with Gasteiger partial charge in [0, 0.05) is 30.8 Å². The van der Waals surface area contributed by atoms with Crippen LogP contribution >= 0.6 is 0 Å². The molecule has 2 unspecified atom stereocenters. The quantitative estimate of drug-likeness (QED) is 0.0556. The topological polar surface area (TPSA) is 125 Å². The van der Waals surface area contributed by atoms with Crippen LogP contribution in [0.1, 0.15) is 65.0 Å². The zero-order valence-electron chi connectivity index (χ0n) is 32.4. The first kappa shape index (κ1) is 37.5. The van der Waals surface area contributed by atoms with E-state index in [4.69, 9.17) is 23.7 Å². The summed E-state index contributed by atoms with van der Waals surface area (Å²) in [6.07, 6.45) is 19.6. The van der Waals surface area contributed by atoms with Crippen LogP contribution < -0.4 is 23.7 Å². The highest BCUT2D eigenvalue weighted by atomic mass is 16.5. The number of carbonyl (C=O) groups is 1. The summed E-state index contributed by atoms with van der Waals surface area (Å²) in [5, 5.41) is 26.6. The van der Waals surface area contributed by atoms with Crippen molar-refractivity contribution in [2.45, 2.75) is 45.2 Å². The molecule has 2 aliphatic heterocycles. The molecule has 0 radical (unpaired) electrons. The minimum absolute atomic E-state index is 0.00973. The molecule has 2 aliphatic carbocycles. The van der Waals surface area contributed by atoms with Gasteiger partial charge in [0.2, 0.25) is 12.4 Å². The van der Waals surface area contributed by atoms with Crippen molar-refractivity contribution in [1.29, 1.82) is 0 Å². The Bertz CT molecular complexity index is 2340. The number of methoxy groups -OCH3 is 3. The van der Waals surface area contributed by atoms with Gasteiger partial charge in [-0.2, -0.15) is 9.48 Å². The SMILES string of the molecule is COc1ccc(C2=CC=C3C(C2)Cn2cc(OCCCCCOc4cn5c(c4OC)C=[N+]([O-])C4=CC=C(c6ccc(C=O)cc6)CC4C5)c(OC)c2C=[N+]3[O-])cc1. The second-order valence-electron chi connectivity index (χ2n) is 14.6. The Kier molecular flexibility index (Phi) is 10.8. The summed E-state index contributed by atoms with van der Waals surface area (Å²) in [4.78, 5) is 11.1. The molecule has 0 fully saturated rings. The van der Waals surface area contributed by atoms with Gasteiger partial charge in [0.15, 0.2) is 45.8 Å². The highest BCUT2D eigenvalue weighted by Crippen LogP contribution is 2.41. The number of nitrogens with zero attached hydrogens (tertiary/aromatic N) is 4. The lowest BCUT2D eigenvalue weighted by Crippen LogP contribution is -2.19. The minimum atomic E-state index is -0.0426. The zero-order valence-corrected chi connectivity index (χ0v) is 32.4. The molecule has 4 aliphatic rings. The Hall–Kier alpha value is -6.43. The van der Waals surface area contributed by atoms with E-state index in [9.17, 15) is 15.2 Å². The van der Waals surface area contributed by atoms with Crippen LogP contribution in [0.4, 0.5) is 0 Å². The van der Waals surface area contributed by atoms with Gasteiger partial charge in [-0.05, 0) is 66.5 Å². The number of benzene rings is 2. The molecule has 294 valence electrons. The first-order valence-electron chi connectivity index (χ1n) is 19.3. The van der Waals surface area contributed by atoms with Crippen LogP contribution in [0.15, 0.2) is 96.6 Å². The maximum Gasteiger partial charge on any atom is 0.208 e. The van der Waals surface area contributed by atoms with Crippen molar-refractivity contribution < 1.29 is 38.0 Å². The lowest BCUT2D eigenvalue weighted by molar-refractivity contribution is -0.404. The maximum atomic E-state index is 13.3. The molecule has 0 saturated carbocycles. The van der Waals surface area contributed by atoms with E-state index < -0.39 is 0 Å². The number of fused-ring (bicyclic) bond motifs is 4. The van der Waals surface area contributed by atoms with E-state index in [0.717, 1.165) is 69.6 Å². The molecular formula is C45H46N4O8. The summed E-state index contributed by atoms with van der Waals surface area (Å²) in [7, 11) is 4.84. The standard InChI is InChI=1S/C45H46N4O8/c1-53-37-15-11-32(12-16-37)34-14-18-39-36(22-34)24-47-28-43(45(55-3)41(47)26-49(39)52)57-20-6-4-5-19-56-42-27-46-23-35-21-33(31-9-7-30(29-50)8-10-31)13-17-38(35)48(51)25-40(46)44(42)54-2/h7-18,25-29,35-36H,4-6,19-24H2,1-3H3. The average molecular weight is 771 g/mol. The lowest BCUT2D eigenvalue weighted by Gasteiger charge is -2.22. The largest absolute Gasteiger partial charge is 0.618 e. The number of carbonyl (C=O) groups excluding carboxylic acids is 1. The second-order valence-corrected chi connectivity index (χ2v) is 14.6. The highest BCUT2D eigenvalue weighted by Gasteiger charge is 2.34. The van der Waals surface area contributed by atoms with E-state index in [0.29, 0.717) is 78.4 Å². The summed E-state index contributed by atoms with van der Waals surface area (Å²) in [6, 6.07) is 15.5. The zero-order chi connectivity index (χ0) is 39.5. The van der Waals surface area contributed by atoms with Gasteiger partial charge in [0.1, 0.15) is 12.0 Å². The molecule has 2 aromatic heterocycles. The number of unbranched alkanes of at least 4 members (excludes halogenated alkanes) is 2. The molecule has 2 aromatic carbocycles. The Labute approximate surface area is 331 Å². The fourth-order valence-corrected chi connectivity index (χ4v) is 8.18. The van der Waals surface area contributed by atoms with Gasteiger partial charge in [0.05, 0.1) is 58.8 Å². The van der Waals surface area contributed by atoms with Gasteiger partial charge in [-0.15, -0.1) is 0 Å². The summed E-state index contributed by atoms with van der Waals surface area (Å²) in [5.74, 6) is 3.05. The van der Waals surface area contributed by atoms with E-state index in [1.807, 2.05) is 89.8 Å². The van der Waals surface area contributed by atoms with Crippen molar-refractivity contribution in [1.82, 2.24) is 9.13 Å². The number of ether oxygens (including phenoxy) is 5. The molecule has 57 heavy (non-hydrogen) atoms. The average Bonchev–Trinajstić information content (AvgIpc) is 3.64. The third kappa shape index (κ3) is 7.59. The Morgan fingerprint density at radius 3 is 1.56 bits per heavy atom. The molecule has 12 heteroatoms. The molecule has 0 bridgehead atoms. The second kappa shape index (κ2) is 16.4. The normalized spacial score (nSPS) is 18.3. The Morgan fingerprint density at radius 1 is 0.649 bits per heavy atom. The van der Waals surface area contributed by atoms with E-state index in [1.165, 1.54) is 5.57 Å². The molecular weight excluding hydrogens is 725 g/mol. The van der Waals surface area contributed by atoms with Crippen LogP contribution in [0.25, 0.3) is 11.1 Å². The molecule has 0 N–H and O–H groups in total. The fraction of sp³-hybridized carbons (Fsp3) is 0.311. The van der Waals surface area contributed by atoms with E-state index >= 15 is 0 Å². The molecule has 12 nitrogen and oxygen atoms in total.